The van der Waals surface area contributed by atoms with Gasteiger partial charge in [-0.25, -0.2) is 9.37 Å². The number of anilines is 1. The van der Waals surface area contributed by atoms with Crippen LogP contribution in [0, 0.1) is 5.82 Å². The van der Waals surface area contributed by atoms with Crippen LogP contribution < -0.4 is 14.5 Å². The minimum atomic E-state index is -0.400. The second-order valence-electron chi connectivity index (χ2n) is 6.06. The van der Waals surface area contributed by atoms with Crippen molar-refractivity contribution < 1.29 is 18.7 Å². The van der Waals surface area contributed by atoms with Gasteiger partial charge in [-0.05, 0) is 47.8 Å². The molecule has 1 amide bonds. The number of rotatable bonds is 6. The van der Waals surface area contributed by atoms with E-state index in [1.807, 2.05) is 17.5 Å². The number of aromatic nitrogens is 1. The third-order valence-electron chi connectivity index (χ3n) is 4.19. The van der Waals surface area contributed by atoms with Crippen LogP contribution in [0.3, 0.4) is 0 Å². The summed E-state index contributed by atoms with van der Waals surface area (Å²) in [5.74, 6) is 0.177. The molecule has 0 fully saturated rings. The number of methoxy groups -OCH3 is 2. The molecular weight excluding hydrogens is 425 g/mol. The largest absolute Gasteiger partial charge is 0.493 e. The molecule has 0 spiro atoms. The van der Waals surface area contributed by atoms with Crippen molar-refractivity contribution in [3.8, 4) is 11.5 Å². The second kappa shape index (κ2) is 8.60. The van der Waals surface area contributed by atoms with Crippen LogP contribution in [0.5, 0.6) is 11.5 Å². The van der Waals surface area contributed by atoms with Gasteiger partial charge in [-0.1, -0.05) is 17.4 Å². The van der Waals surface area contributed by atoms with E-state index in [-0.39, 0.29) is 5.82 Å². The lowest BCUT2D eigenvalue weighted by atomic mass is 10.2. The molecule has 4 rings (SSSR count). The molecule has 0 aliphatic carbocycles. The lowest BCUT2D eigenvalue weighted by Gasteiger charge is -2.15. The first-order valence-electron chi connectivity index (χ1n) is 8.79. The van der Waals surface area contributed by atoms with E-state index in [4.69, 9.17) is 9.47 Å². The summed E-state index contributed by atoms with van der Waals surface area (Å²) in [6, 6.07) is 13.0. The molecular formula is C21H16FN3O3S2. The van der Waals surface area contributed by atoms with Gasteiger partial charge in [0.2, 0.25) is 5.13 Å². The van der Waals surface area contributed by atoms with Crippen LogP contribution >= 0.6 is 22.7 Å². The SMILES string of the molecule is COc1ccc(C(=O)N(/N=C/c2cccs2)c2nc3ccc(F)cc3s2)cc1OC. The van der Waals surface area contributed by atoms with Gasteiger partial charge in [-0.15, -0.1) is 11.3 Å². The molecule has 2 aromatic heterocycles. The van der Waals surface area contributed by atoms with E-state index >= 15 is 0 Å². The Morgan fingerprint density at radius 1 is 1.13 bits per heavy atom. The smallest absolute Gasteiger partial charge is 0.280 e. The summed E-state index contributed by atoms with van der Waals surface area (Å²) in [5, 5.41) is 7.85. The molecule has 0 unspecified atom stereocenters. The number of hydrogen-bond donors (Lipinski definition) is 0. The second-order valence-corrected chi connectivity index (χ2v) is 8.04. The summed E-state index contributed by atoms with van der Waals surface area (Å²) in [6.07, 6.45) is 1.59. The molecule has 0 radical (unpaired) electrons. The average Bonchev–Trinajstić information content (AvgIpc) is 3.42. The van der Waals surface area contributed by atoms with Crippen molar-refractivity contribution in [1.29, 1.82) is 0 Å². The first-order valence-corrected chi connectivity index (χ1v) is 10.5. The molecule has 0 N–H and O–H groups in total. The van der Waals surface area contributed by atoms with Crippen LogP contribution in [0.25, 0.3) is 10.2 Å². The van der Waals surface area contributed by atoms with Gasteiger partial charge >= 0.3 is 0 Å². The van der Waals surface area contributed by atoms with Crippen molar-refractivity contribution >= 4 is 50.1 Å². The monoisotopic (exact) mass is 441 g/mol. The van der Waals surface area contributed by atoms with Crippen LogP contribution in [-0.2, 0) is 0 Å². The fourth-order valence-corrected chi connectivity index (χ4v) is 4.26. The number of nitrogens with zero attached hydrogens (tertiary/aromatic N) is 3. The maximum absolute atomic E-state index is 13.6. The number of carbonyl (C=O) groups is 1. The predicted octanol–water partition coefficient (Wildman–Crippen LogP) is 5.20. The molecule has 2 heterocycles. The zero-order valence-electron chi connectivity index (χ0n) is 16.0. The van der Waals surface area contributed by atoms with E-state index in [1.165, 1.54) is 54.0 Å². The highest BCUT2D eigenvalue weighted by Gasteiger charge is 2.22. The first-order chi connectivity index (χ1) is 14.6. The van der Waals surface area contributed by atoms with Crippen LogP contribution in [0.2, 0.25) is 0 Å². The van der Waals surface area contributed by atoms with Crippen molar-refractivity contribution in [2.75, 3.05) is 19.2 Å². The number of hydrogen-bond acceptors (Lipinski definition) is 7. The summed E-state index contributed by atoms with van der Waals surface area (Å²) in [5.41, 5.74) is 0.939. The zero-order valence-corrected chi connectivity index (χ0v) is 17.7. The van der Waals surface area contributed by atoms with Crippen LogP contribution in [-0.4, -0.2) is 31.3 Å². The molecule has 4 aromatic rings. The van der Waals surface area contributed by atoms with Crippen LogP contribution in [0.4, 0.5) is 9.52 Å². The summed E-state index contributed by atoms with van der Waals surface area (Å²) < 4.78 is 24.8. The van der Waals surface area contributed by atoms with Crippen LogP contribution in [0.1, 0.15) is 15.2 Å². The van der Waals surface area contributed by atoms with E-state index in [2.05, 4.69) is 10.1 Å². The van der Waals surface area contributed by atoms with Crippen molar-refractivity contribution in [3.05, 3.63) is 70.2 Å². The Morgan fingerprint density at radius 2 is 1.97 bits per heavy atom. The minimum absolute atomic E-state index is 0.336. The zero-order chi connectivity index (χ0) is 21.1. The molecule has 0 aliphatic rings. The van der Waals surface area contributed by atoms with Crippen molar-refractivity contribution in [2.45, 2.75) is 0 Å². The molecule has 0 bridgehead atoms. The van der Waals surface area contributed by atoms with E-state index in [0.717, 1.165) is 4.88 Å². The van der Waals surface area contributed by atoms with Gasteiger partial charge in [0.25, 0.3) is 5.91 Å². The summed E-state index contributed by atoms with van der Waals surface area (Å²) in [6.45, 7) is 0. The highest BCUT2D eigenvalue weighted by Crippen LogP contribution is 2.32. The maximum atomic E-state index is 13.6. The Labute approximate surface area is 179 Å². The van der Waals surface area contributed by atoms with E-state index in [9.17, 15) is 9.18 Å². The number of thiazole rings is 1. The molecule has 2 aromatic carbocycles. The molecule has 6 nitrogen and oxygen atoms in total. The Hall–Kier alpha value is -3.30. The summed E-state index contributed by atoms with van der Waals surface area (Å²) >= 11 is 2.68. The quantitative estimate of drug-likeness (QED) is 0.305. The Morgan fingerprint density at radius 3 is 2.70 bits per heavy atom. The van der Waals surface area contributed by atoms with Gasteiger partial charge in [0.15, 0.2) is 11.5 Å². The number of fused-ring (bicyclic) bond motifs is 1. The lowest BCUT2D eigenvalue weighted by Crippen LogP contribution is -2.25. The number of carbonyl (C=O) groups excluding carboxylic acids is 1. The first kappa shape index (κ1) is 20.0. The highest BCUT2D eigenvalue weighted by atomic mass is 32.1. The standard InChI is InChI=1S/C21H16FN3O3S2/c1-27-17-8-5-13(10-18(17)28-2)20(26)25(23-12-15-4-3-9-29-15)21-24-16-7-6-14(22)11-19(16)30-21/h3-12H,1-2H3/b23-12+. The molecule has 152 valence electrons. The Kier molecular flexibility index (Phi) is 5.73. The predicted molar refractivity (Wildman–Crippen MR) is 118 cm³/mol. The molecule has 30 heavy (non-hydrogen) atoms. The van der Waals surface area contributed by atoms with E-state index < -0.39 is 5.91 Å². The van der Waals surface area contributed by atoms with Crippen molar-refractivity contribution in [3.63, 3.8) is 0 Å². The fraction of sp³-hybridized carbons (Fsp3) is 0.0952. The van der Waals surface area contributed by atoms with Gasteiger partial charge < -0.3 is 9.47 Å². The van der Waals surface area contributed by atoms with Gasteiger partial charge in [-0.2, -0.15) is 10.1 Å². The average molecular weight is 442 g/mol. The number of benzene rings is 2. The minimum Gasteiger partial charge on any atom is -0.493 e. The van der Waals surface area contributed by atoms with Crippen molar-refractivity contribution in [2.24, 2.45) is 5.10 Å². The van der Waals surface area contributed by atoms with E-state index in [0.29, 0.717) is 32.4 Å². The number of amides is 1. The van der Waals surface area contributed by atoms with Gasteiger partial charge in [0.1, 0.15) is 5.82 Å². The topological polar surface area (TPSA) is 64.0 Å². The third-order valence-corrected chi connectivity index (χ3v) is 5.99. The normalized spacial score (nSPS) is 11.2. The van der Waals surface area contributed by atoms with Gasteiger partial charge in [0, 0.05) is 10.4 Å². The Bertz CT molecular complexity index is 1220. The molecule has 0 aliphatic heterocycles. The molecule has 9 heteroatoms. The number of hydrazone groups is 1. The number of halogens is 1. The summed E-state index contributed by atoms with van der Waals surface area (Å²) in [4.78, 5) is 18.7. The number of thiophene rings is 1. The maximum Gasteiger partial charge on any atom is 0.280 e. The molecule has 0 saturated carbocycles. The molecule has 0 atom stereocenters. The summed E-state index contributed by atoms with van der Waals surface area (Å²) in [7, 11) is 3.03. The Balaban J connectivity index is 1.77. The van der Waals surface area contributed by atoms with Crippen LogP contribution in [0.15, 0.2) is 59.0 Å². The fourth-order valence-electron chi connectivity index (χ4n) is 2.74. The van der Waals surface area contributed by atoms with E-state index in [1.54, 1.807) is 30.5 Å². The van der Waals surface area contributed by atoms with Gasteiger partial charge in [0.05, 0.1) is 30.7 Å². The highest BCUT2D eigenvalue weighted by molar-refractivity contribution is 7.22. The van der Waals surface area contributed by atoms with Gasteiger partial charge in [-0.3, -0.25) is 4.79 Å². The van der Waals surface area contributed by atoms with Crippen molar-refractivity contribution in [1.82, 2.24) is 4.98 Å². The lowest BCUT2D eigenvalue weighted by molar-refractivity contribution is 0.0987. The number of ether oxygens (including phenoxy) is 2. The molecule has 0 saturated heterocycles. The third kappa shape index (κ3) is 4.03.